The molecular formula is C15H14N2OS. The molecule has 0 saturated carbocycles. The van der Waals surface area contributed by atoms with Gasteiger partial charge in [0.25, 0.3) is 5.91 Å². The smallest absolute Gasteiger partial charge is 0.263 e. The Morgan fingerprint density at radius 1 is 1.32 bits per heavy atom. The molecular weight excluding hydrogens is 256 g/mol. The minimum Gasteiger partial charge on any atom is -0.338 e. The first-order chi connectivity index (χ1) is 9.28. The number of nitrogens with zero attached hydrogens (tertiary/aromatic N) is 2. The van der Waals surface area contributed by atoms with E-state index in [1.54, 1.807) is 11.3 Å². The molecule has 0 unspecified atom stereocenters. The van der Waals surface area contributed by atoms with Crippen molar-refractivity contribution in [2.45, 2.75) is 12.8 Å². The molecule has 2 heterocycles. The molecule has 2 aromatic rings. The quantitative estimate of drug-likeness (QED) is 0.798. The molecule has 1 saturated heterocycles. The Labute approximate surface area is 116 Å². The molecule has 19 heavy (non-hydrogen) atoms. The fourth-order valence-electron chi connectivity index (χ4n) is 2.45. The van der Waals surface area contributed by atoms with Crippen LogP contribution in [0.3, 0.4) is 0 Å². The average molecular weight is 270 g/mol. The van der Waals surface area contributed by atoms with E-state index in [1.807, 2.05) is 35.2 Å². The number of rotatable bonds is 1. The average Bonchev–Trinajstić information content (AvgIpc) is 2.90. The van der Waals surface area contributed by atoms with Crippen molar-refractivity contribution in [3.05, 3.63) is 35.2 Å². The number of hydrogen-bond acceptors (Lipinski definition) is 3. The van der Waals surface area contributed by atoms with Gasteiger partial charge in [-0.1, -0.05) is 18.2 Å². The lowest BCUT2D eigenvalue weighted by Gasteiger charge is -2.28. The van der Waals surface area contributed by atoms with E-state index in [1.165, 1.54) is 0 Å². The number of benzene rings is 1. The van der Waals surface area contributed by atoms with Gasteiger partial charge in [0, 0.05) is 23.7 Å². The number of carbonyl (C=O) groups excluding carboxylic acids is 1. The van der Waals surface area contributed by atoms with Crippen LogP contribution in [0.2, 0.25) is 0 Å². The summed E-state index contributed by atoms with van der Waals surface area (Å²) in [5.41, 5.74) is 0. The fourth-order valence-corrected chi connectivity index (χ4v) is 3.49. The predicted octanol–water partition coefficient (Wildman–Crippen LogP) is 3.28. The van der Waals surface area contributed by atoms with E-state index in [9.17, 15) is 4.79 Å². The number of nitriles is 1. The molecule has 1 fully saturated rings. The molecule has 1 aromatic carbocycles. The highest BCUT2D eigenvalue weighted by Crippen LogP contribution is 2.27. The van der Waals surface area contributed by atoms with Gasteiger partial charge in [-0.3, -0.25) is 4.79 Å². The Morgan fingerprint density at radius 3 is 2.74 bits per heavy atom. The first-order valence-corrected chi connectivity index (χ1v) is 7.27. The zero-order valence-electron chi connectivity index (χ0n) is 10.5. The van der Waals surface area contributed by atoms with Crippen LogP contribution in [-0.4, -0.2) is 23.9 Å². The maximum Gasteiger partial charge on any atom is 0.263 e. The number of piperidine rings is 1. The third-order valence-corrected chi connectivity index (χ3v) is 4.71. The Hall–Kier alpha value is -1.86. The summed E-state index contributed by atoms with van der Waals surface area (Å²) in [7, 11) is 0. The van der Waals surface area contributed by atoms with Crippen molar-refractivity contribution in [2.75, 3.05) is 13.1 Å². The highest BCUT2D eigenvalue weighted by molar-refractivity contribution is 7.20. The van der Waals surface area contributed by atoms with E-state index in [0.717, 1.165) is 27.8 Å². The Bertz CT molecular complexity index is 614. The first kappa shape index (κ1) is 12.2. The van der Waals surface area contributed by atoms with Crippen LogP contribution in [0.4, 0.5) is 0 Å². The van der Waals surface area contributed by atoms with Crippen LogP contribution in [-0.2, 0) is 0 Å². The predicted molar refractivity (Wildman–Crippen MR) is 76.1 cm³/mol. The molecule has 0 spiro atoms. The highest BCUT2D eigenvalue weighted by Gasteiger charge is 2.24. The van der Waals surface area contributed by atoms with Crippen molar-refractivity contribution in [3.63, 3.8) is 0 Å². The summed E-state index contributed by atoms with van der Waals surface area (Å²) in [6, 6.07) is 12.3. The molecule has 1 amide bonds. The molecule has 1 aromatic heterocycles. The van der Waals surface area contributed by atoms with Gasteiger partial charge < -0.3 is 4.90 Å². The molecule has 0 N–H and O–H groups in total. The van der Waals surface area contributed by atoms with Gasteiger partial charge in [0.15, 0.2) is 0 Å². The minimum atomic E-state index is 0.109. The van der Waals surface area contributed by atoms with Gasteiger partial charge in [0.1, 0.15) is 0 Å². The summed E-state index contributed by atoms with van der Waals surface area (Å²) >= 11 is 1.55. The second-order valence-electron chi connectivity index (χ2n) is 4.84. The van der Waals surface area contributed by atoms with E-state index >= 15 is 0 Å². The van der Waals surface area contributed by atoms with Crippen LogP contribution in [0.1, 0.15) is 22.5 Å². The topological polar surface area (TPSA) is 44.1 Å². The third kappa shape index (κ3) is 2.34. The lowest BCUT2D eigenvalue weighted by Crippen LogP contribution is -2.37. The maximum atomic E-state index is 12.4. The molecule has 0 atom stereocenters. The molecule has 1 aliphatic rings. The standard InChI is InChI=1S/C15H14N2OS/c16-10-11-5-7-17(8-6-11)15(18)14-9-12-3-1-2-4-13(12)19-14/h1-4,9,11H,5-8H2. The summed E-state index contributed by atoms with van der Waals surface area (Å²) < 4.78 is 1.15. The molecule has 3 rings (SSSR count). The van der Waals surface area contributed by atoms with Gasteiger partial charge in [0.05, 0.1) is 10.9 Å². The van der Waals surface area contributed by atoms with E-state index in [2.05, 4.69) is 6.07 Å². The van der Waals surface area contributed by atoms with Gasteiger partial charge in [-0.25, -0.2) is 0 Å². The van der Waals surface area contributed by atoms with Gasteiger partial charge in [-0.15, -0.1) is 11.3 Å². The van der Waals surface area contributed by atoms with Crippen LogP contribution in [0.25, 0.3) is 10.1 Å². The summed E-state index contributed by atoms with van der Waals surface area (Å²) in [6.07, 6.45) is 1.60. The Morgan fingerprint density at radius 2 is 2.05 bits per heavy atom. The third-order valence-electron chi connectivity index (χ3n) is 3.60. The van der Waals surface area contributed by atoms with Gasteiger partial charge in [0.2, 0.25) is 0 Å². The maximum absolute atomic E-state index is 12.4. The monoisotopic (exact) mass is 270 g/mol. The lowest BCUT2D eigenvalue weighted by molar-refractivity contribution is 0.0712. The second-order valence-corrected chi connectivity index (χ2v) is 5.93. The van der Waals surface area contributed by atoms with Crippen molar-refractivity contribution in [1.82, 2.24) is 4.90 Å². The van der Waals surface area contributed by atoms with Gasteiger partial charge in [-0.2, -0.15) is 5.26 Å². The molecule has 0 bridgehead atoms. The highest BCUT2D eigenvalue weighted by atomic mass is 32.1. The zero-order chi connectivity index (χ0) is 13.2. The molecule has 0 aliphatic carbocycles. The molecule has 3 nitrogen and oxygen atoms in total. The van der Waals surface area contributed by atoms with Crippen LogP contribution < -0.4 is 0 Å². The van der Waals surface area contributed by atoms with Gasteiger partial charge >= 0.3 is 0 Å². The van der Waals surface area contributed by atoms with E-state index in [0.29, 0.717) is 13.1 Å². The largest absolute Gasteiger partial charge is 0.338 e. The minimum absolute atomic E-state index is 0.109. The summed E-state index contributed by atoms with van der Waals surface area (Å²) in [4.78, 5) is 15.1. The van der Waals surface area contributed by atoms with Crippen LogP contribution >= 0.6 is 11.3 Å². The first-order valence-electron chi connectivity index (χ1n) is 6.45. The van der Waals surface area contributed by atoms with Crippen LogP contribution in [0.5, 0.6) is 0 Å². The van der Waals surface area contributed by atoms with Crippen molar-refractivity contribution < 1.29 is 4.79 Å². The molecule has 1 aliphatic heterocycles. The Balaban J connectivity index is 1.79. The number of carbonyl (C=O) groups is 1. The van der Waals surface area contributed by atoms with Crippen LogP contribution in [0.15, 0.2) is 30.3 Å². The van der Waals surface area contributed by atoms with Crippen LogP contribution in [0, 0.1) is 17.2 Å². The number of hydrogen-bond donors (Lipinski definition) is 0. The van der Waals surface area contributed by atoms with Crippen molar-refractivity contribution in [2.24, 2.45) is 5.92 Å². The lowest BCUT2D eigenvalue weighted by atomic mass is 9.98. The zero-order valence-corrected chi connectivity index (χ0v) is 11.3. The molecule has 96 valence electrons. The van der Waals surface area contributed by atoms with Crippen molar-refractivity contribution in [3.8, 4) is 6.07 Å². The van der Waals surface area contributed by atoms with E-state index < -0.39 is 0 Å². The number of fused-ring (bicyclic) bond motifs is 1. The van der Waals surface area contributed by atoms with Crippen molar-refractivity contribution in [1.29, 1.82) is 5.26 Å². The number of likely N-dealkylation sites (tertiary alicyclic amines) is 1. The van der Waals surface area contributed by atoms with Crippen molar-refractivity contribution >= 4 is 27.3 Å². The molecule has 4 heteroatoms. The number of thiophene rings is 1. The summed E-state index contributed by atoms with van der Waals surface area (Å²) in [5.74, 6) is 0.226. The van der Waals surface area contributed by atoms with E-state index in [-0.39, 0.29) is 11.8 Å². The second kappa shape index (κ2) is 5.02. The normalized spacial score (nSPS) is 16.5. The summed E-state index contributed by atoms with van der Waals surface area (Å²) in [6.45, 7) is 1.40. The van der Waals surface area contributed by atoms with Gasteiger partial charge in [-0.05, 0) is 30.4 Å². The number of amides is 1. The molecule has 0 radical (unpaired) electrons. The Kier molecular flexibility index (Phi) is 3.22. The fraction of sp³-hybridized carbons (Fsp3) is 0.333. The van der Waals surface area contributed by atoms with E-state index in [4.69, 9.17) is 5.26 Å². The SMILES string of the molecule is N#CC1CCN(C(=O)c2cc3ccccc3s2)CC1. The summed E-state index contributed by atoms with van der Waals surface area (Å²) in [5, 5.41) is 10.0.